The smallest absolute Gasteiger partial charge is 0.150 e. The van der Waals surface area contributed by atoms with Gasteiger partial charge in [-0.05, 0) is 31.5 Å². The van der Waals surface area contributed by atoms with E-state index in [0.29, 0.717) is 6.04 Å². The molecule has 6 nitrogen and oxygen atoms in total. The molecule has 0 aliphatic carbocycles. The number of aryl methyl sites for hydroxylation is 1. The van der Waals surface area contributed by atoms with Gasteiger partial charge in [0.15, 0.2) is 0 Å². The van der Waals surface area contributed by atoms with Crippen LogP contribution >= 0.6 is 0 Å². The lowest BCUT2D eigenvalue weighted by Gasteiger charge is -2.22. The van der Waals surface area contributed by atoms with E-state index in [9.17, 15) is 0 Å². The summed E-state index contributed by atoms with van der Waals surface area (Å²) in [7, 11) is 1.66. The first kappa shape index (κ1) is 14.0. The molecule has 1 N–H and O–H groups in total. The van der Waals surface area contributed by atoms with Crippen LogP contribution in [0.3, 0.4) is 0 Å². The molecule has 112 valence electrons. The number of rotatable bonds is 5. The number of nitrogens with one attached hydrogen (secondary N) is 1. The topological polar surface area (TPSA) is 66.9 Å². The Balaban J connectivity index is 1.72. The first-order valence-electron chi connectivity index (χ1n) is 7.44. The summed E-state index contributed by atoms with van der Waals surface area (Å²) in [5, 5.41) is 7.23. The minimum Gasteiger partial charge on any atom is -0.495 e. The second kappa shape index (κ2) is 6.22. The molecule has 1 aliphatic heterocycles. The van der Waals surface area contributed by atoms with E-state index in [2.05, 4.69) is 38.1 Å². The Bertz CT molecular complexity index is 580. The Morgan fingerprint density at radius 2 is 2.33 bits per heavy atom. The third-order valence-electron chi connectivity index (χ3n) is 3.95. The molecule has 3 heterocycles. The number of hydrogen-bond acceptors (Lipinski definition) is 5. The maximum Gasteiger partial charge on any atom is 0.150 e. The predicted molar refractivity (Wildman–Crippen MR) is 78.9 cm³/mol. The number of aromatic amines is 1. The zero-order valence-electron chi connectivity index (χ0n) is 12.5. The van der Waals surface area contributed by atoms with Crippen molar-refractivity contribution in [2.75, 3.05) is 13.7 Å². The molecule has 0 aromatic carbocycles. The van der Waals surface area contributed by atoms with Crippen molar-refractivity contribution in [3.63, 3.8) is 0 Å². The molecule has 1 atom stereocenters. The molecule has 3 rings (SSSR count). The molecule has 2 aromatic heterocycles. The zero-order valence-corrected chi connectivity index (χ0v) is 12.5. The second-order valence-corrected chi connectivity index (χ2v) is 5.30. The lowest BCUT2D eigenvalue weighted by molar-refractivity contribution is 0.238. The first-order valence-corrected chi connectivity index (χ1v) is 7.44. The molecule has 0 bridgehead atoms. The molecule has 0 radical (unpaired) electrons. The lowest BCUT2D eigenvalue weighted by Crippen LogP contribution is -2.24. The van der Waals surface area contributed by atoms with Gasteiger partial charge in [0.1, 0.15) is 17.4 Å². The Morgan fingerprint density at radius 3 is 3.00 bits per heavy atom. The summed E-state index contributed by atoms with van der Waals surface area (Å²) in [5.74, 6) is 2.61. The SMILES string of the molecule is CCc1n[nH]c(CN2CCCC2c2ccc(OC)cn2)n1. The number of aromatic nitrogens is 4. The third-order valence-corrected chi connectivity index (χ3v) is 3.95. The number of hydrogen-bond donors (Lipinski definition) is 1. The van der Waals surface area contributed by atoms with Gasteiger partial charge in [0.25, 0.3) is 0 Å². The van der Waals surface area contributed by atoms with E-state index in [1.807, 2.05) is 6.07 Å². The Hall–Kier alpha value is -1.95. The highest BCUT2D eigenvalue weighted by atomic mass is 16.5. The van der Waals surface area contributed by atoms with Crippen molar-refractivity contribution in [1.29, 1.82) is 0 Å². The predicted octanol–water partition coefficient (Wildman–Crippen LogP) is 2.11. The molecule has 1 saturated heterocycles. The zero-order chi connectivity index (χ0) is 14.7. The fourth-order valence-electron chi connectivity index (χ4n) is 2.82. The van der Waals surface area contributed by atoms with Gasteiger partial charge in [-0.2, -0.15) is 5.10 Å². The van der Waals surface area contributed by atoms with Crippen molar-refractivity contribution in [2.45, 2.75) is 38.8 Å². The number of ether oxygens (including phenoxy) is 1. The summed E-state index contributed by atoms with van der Waals surface area (Å²) in [5.41, 5.74) is 1.10. The minimum absolute atomic E-state index is 0.353. The standard InChI is InChI=1S/C15H21N5O/c1-3-14-17-15(19-18-14)10-20-8-4-5-13(20)12-7-6-11(21-2)9-16-12/h6-7,9,13H,3-5,8,10H2,1-2H3,(H,17,18,19). The summed E-state index contributed by atoms with van der Waals surface area (Å²) < 4.78 is 5.17. The van der Waals surface area contributed by atoms with Crippen molar-refractivity contribution >= 4 is 0 Å². The van der Waals surface area contributed by atoms with Crippen molar-refractivity contribution in [3.05, 3.63) is 35.7 Å². The summed E-state index contributed by atoms with van der Waals surface area (Å²) >= 11 is 0. The van der Waals surface area contributed by atoms with E-state index in [-0.39, 0.29) is 0 Å². The molecule has 1 fully saturated rings. The van der Waals surface area contributed by atoms with Crippen LogP contribution in [0.5, 0.6) is 5.75 Å². The van der Waals surface area contributed by atoms with Crippen molar-refractivity contribution in [2.24, 2.45) is 0 Å². The van der Waals surface area contributed by atoms with Gasteiger partial charge < -0.3 is 4.74 Å². The largest absolute Gasteiger partial charge is 0.495 e. The number of methoxy groups -OCH3 is 1. The van der Waals surface area contributed by atoms with Crippen LogP contribution in [0.15, 0.2) is 18.3 Å². The molecule has 6 heteroatoms. The van der Waals surface area contributed by atoms with Crippen molar-refractivity contribution in [1.82, 2.24) is 25.1 Å². The van der Waals surface area contributed by atoms with E-state index < -0.39 is 0 Å². The monoisotopic (exact) mass is 287 g/mol. The molecule has 1 aliphatic rings. The quantitative estimate of drug-likeness (QED) is 0.912. The molecule has 0 spiro atoms. The highest BCUT2D eigenvalue weighted by molar-refractivity contribution is 5.22. The van der Waals surface area contributed by atoms with Crippen LogP contribution in [0.4, 0.5) is 0 Å². The summed E-state index contributed by atoms with van der Waals surface area (Å²) in [6.45, 7) is 3.93. The summed E-state index contributed by atoms with van der Waals surface area (Å²) in [6.07, 6.45) is 4.97. The summed E-state index contributed by atoms with van der Waals surface area (Å²) in [6, 6.07) is 4.38. The number of H-pyrrole nitrogens is 1. The van der Waals surface area contributed by atoms with Gasteiger partial charge in [0.05, 0.1) is 31.6 Å². The van der Waals surface area contributed by atoms with Gasteiger partial charge in [-0.3, -0.25) is 15.0 Å². The highest BCUT2D eigenvalue weighted by Crippen LogP contribution is 2.32. The lowest BCUT2D eigenvalue weighted by atomic mass is 10.1. The maximum atomic E-state index is 5.17. The average molecular weight is 287 g/mol. The molecule has 21 heavy (non-hydrogen) atoms. The molecule has 1 unspecified atom stereocenters. The Morgan fingerprint density at radius 1 is 1.43 bits per heavy atom. The first-order chi connectivity index (χ1) is 10.3. The summed E-state index contributed by atoms with van der Waals surface area (Å²) in [4.78, 5) is 11.4. The normalized spacial score (nSPS) is 19.0. The van der Waals surface area contributed by atoms with E-state index in [0.717, 1.165) is 49.0 Å². The maximum absolute atomic E-state index is 5.17. The molecule has 0 saturated carbocycles. The third kappa shape index (κ3) is 3.05. The minimum atomic E-state index is 0.353. The second-order valence-electron chi connectivity index (χ2n) is 5.30. The van der Waals surface area contributed by atoms with E-state index in [4.69, 9.17) is 4.74 Å². The van der Waals surface area contributed by atoms with Gasteiger partial charge >= 0.3 is 0 Å². The van der Waals surface area contributed by atoms with Gasteiger partial charge in [0, 0.05) is 6.42 Å². The van der Waals surface area contributed by atoms with Gasteiger partial charge in [0.2, 0.25) is 0 Å². The molecular formula is C15H21N5O. The number of likely N-dealkylation sites (tertiary alicyclic amines) is 1. The van der Waals surface area contributed by atoms with Crippen molar-refractivity contribution < 1.29 is 4.74 Å². The molecular weight excluding hydrogens is 266 g/mol. The number of pyridine rings is 1. The van der Waals surface area contributed by atoms with E-state index in [1.165, 1.54) is 6.42 Å². The van der Waals surface area contributed by atoms with Crippen LogP contribution in [0.2, 0.25) is 0 Å². The van der Waals surface area contributed by atoms with Crippen LogP contribution in [0.25, 0.3) is 0 Å². The van der Waals surface area contributed by atoms with Crippen LogP contribution in [-0.2, 0) is 13.0 Å². The van der Waals surface area contributed by atoms with Crippen LogP contribution in [0, 0.1) is 0 Å². The Kier molecular flexibility index (Phi) is 4.15. The molecule has 0 amide bonds. The van der Waals surface area contributed by atoms with Gasteiger partial charge in [-0.1, -0.05) is 6.92 Å². The van der Waals surface area contributed by atoms with Gasteiger partial charge in [-0.15, -0.1) is 0 Å². The Labute approximate surface area is 124 Å². The number of nitrogens with zero attached hydrogens (tertiary/aromatic N) is 4. The van der Waals surface area contributed by atoms with Gasteiger partial charge in [-0.25, -0.2) is 4.98 Å². The van der Waals surface area contributed by atoms with Crippen molar-refractivity contribution in [3.8, 4) is 5.75 Å². The fourth-order valence-corrected chi connectivity index (χ4v) is 2.82. The molecule has 2 aromatic rings. The average Bonchev–Trinajstić information content (AvgIpc) is 3.17. The highest BCUT2D eigenvalue weighted by Gasteiger charge is 2.27. The van der Waals surface area contributed by atoms with E-state index in [1.54, 1.807) is 13.3 Å². The van der Waals surface area contributed by atoms with Crippen LogP contribution in [-0.4, -0.2) is 38.7 Å². The van der Waals surface area contributed by atoms with Crippen LogP contribution in [0.1, 0.15) is 43.1 Å². The fraction of sp³-hybridized carbons (Fsp3) is 0.533. The van der Waals surface area contributed by atoms with Crippen LogP contribution < -0.4 is 4.74 Å². The van der Waals surface area contributed by atoms with E-state index >= 15 is 0 Å².